The lowest BCUT2D eigenvalue weighted by Gasteiger charge is -2.20. The Labute approximate surface area is 113 Å². The zero-order valence-corrected chi connectivity index (χ0v) is 11.4. The molecule has 0 saturated carbocycles. The van der Waals surface area contributed by atoms with Crippen molar-refractivity contribution < 1.29 is 4.39 Å². The second kappa shape index (κ2) is 6.34. The number of nitrogens with zero attached hydrogens (tertiary/aromatic N) is 1. The van der Waals surface area contributed by atoms with Gasteiger partial charge in [0.1, 0.15) is 5.82 Å². The van der Waals surface area contributed by atoms with E-state index in [2.05, 4.69) is 5.32 Å². The molecule has 100 valence electrons. The molecule has 0 bridgehead atoms. The molecule has 3 heteroatoms. The highest BCUT2D eigenvalue weighted by Gasteiger charge is 2.08. The minimum atomic E-state index is -0.175. The number of rotatable bonds is 5. The van der Waals surface area contributed by atoms with E-state index >= 15 is 0 Å². The van der Waals surface area contributed by atoms with E-state index in [1.54, 1.807) is 6.07 Å². The Bertz CT molecular complexity index is 526. The molecule has 2 rings (SSSR count). The molecule has 0 aliphatic heterocycles. The molecule has 0 aromatic heterocycles. The molecule has 0 amide bonds. The van der Waals surface area contributed by atoms with Gasteiger partial charge in [0.15, 0.2) is 0 Å². The topological polar surface area (TPSA) is 15.3 Å². The molecule has 0 aliphatic carbocycles. The van der Waals surface area contributed by atoms with Crippen LogP contribution in [0.2, 0.25) is 0 Å². The average Bonchev–Trinajstić information content (AvgIpc) is 2.40. The van der Waals surface area contributed by atoms with Gasteiger partial charge < -0.3 is 10.2 Å². The maximum absolute atomic E-state index is 14.1. The first-order valence-electron chi connectivity index (χ1n) is 6.39. The summed E-state index contributed by atoms with van der Waals surface area (Å²) in [4.78, 5) is 1.92. The highest BCUT2D eigenvalue weighted by molar-refractivity contribution is 5.49. The fourth-order valence-corrected chi connectivity index (χ4v) is 2.12. The van der Waals surface area contributed by atoms with Crippen molar-refractivity contribution in [2.75, 3.05) is 19.0 Å². The van der Waals surface area contributed by atoms with Crippen molar-refractivity contribution in [3.8, 4) is 0 Å². The van der Waals surface area contributed by atoms with Gasteiger partial charge in [-0.05, 0) is 30.3 Å². The smallest absolute Gasteiger partial charge is 0.146 e. The van der Waals surface area contributed by atoms with Gasteiger partial charge in [0, 0.05) is 20.1 Å². The minimum Gasteiger partial charge on any atom is -0.368 e. The Morgan fingerprint density at radius 1 is 1.05 bits per heavy atom. The SMILES string of the molecule is CNCc1ccc(N(C)Cc2ccccc2)c(F)c1. The molecule has 2 aromatic carbocycles. The number of nitrogens with one attached hydrogen (secondary N) is 1. The van der Waals surface area contributed by atoms with Crippen molar-refractivity contribution >= 4 is 5.69 Å². The summed E-state index contributed by atoms with van der Waals surface area (Å²) in [5.74, 6) is -0.175. The first-order chi connectivity index (χ1) is 9.20. The Hall–Kier alpha value is -1.87. The van der Waals surface area contributed by atoms with Gasteiger partial charge in [-0.25, -0.2) is 4.39 Å². The lowest BCUT2D eigenvalue weighted by atomic mass is 10.1. The van der Waals surface area contributed by atoms with Crippen LogP contribution in [0.5, 0.6) is 0 Å². The van der Waals surface area contributed by atoms with Gasteiger partial charge in [0.25, 0.3) is 0 Å². The molecule has 0 radical (unpaired) electrons. The number of anilines is 1. The Balaban J connectivity index is 2.13. The quantitative estimate of drug-likeness (QED) is 0.886. The molecule has 0 fully saturated rings. The molecule has 2 aromatic rings. The van der Waals surface area contributed by atoms with Crippen LogP contribution < -0.4 is 10.2 Å². The highest BCUT2D eigenvalue weighted by atomic mass is 19.1. The maximum Gasteiger partial charge on any atom is 0.146 e. The lowest BCUT2D eigenvalue weighted by Crippen LogP contribution is -2.18. The molecule has 0 saturated heterocycles. The van der Waals surface area contributed by atoms with Gasteiger partial charge in [-0.3, -0.25) is 0 Å². The Kier molecular flexibility index (Phi) is 4.53. The zero-order valence-electron chi connectivity index (χ0n) is 11.4. The standard InChI is InChI=1S/C16H19FN2/c1-18-11-14-8-9-16(15(17)10-14)19(2)12-13-6-4-3-5-7-13/h3-10,18H,11-12H2,1-2H3. The summed E-state index contributed by atoms with van der Waals surface area (Å²) in [5, 5.41) is 3.02. The Morgan fingerprint density at radius 3 is 2.42 bits per heavy atom. The third kappa shape index (κ3) is 3.55. The second-order valence-corrected chi connectivity index (χ2v) is 4.66. The Morgan fingerprint density at radius 2 is 1.79 bits per heavy atom. The summed E-state index contributed by atoms with van der Waals surface area (Å²) >= 11 is 0. The summed E-state index contributed by atoms with van der Waals surface area (Å²) < 4.78 is 14.1. The molecule has 1 N–H and O–H groups in total. The van der Waals surface area contributed by atoms with Crippen molar-refractivity contribution in [3.63, 3.8) is 0 Å². The largest absolute Gasteiger partial charge is 0.368 e. The fourth-order valence-electron chi connectivity index (χ4n) is 2.12. The van der Waals surface area contributed by atoms with Gasteiger partial charge in [-0.15, -0.1) is 0 Å². The van der Waals surface area contributed by atoms with Crippen LogP contribution in [-0.2, 0) is 13.1 Å². The molecule has 19 heavy (non-hydrogen) atoms. The fraction of sp³-hybridized carbons (Fsp3) is 0.250. The molecule has 0 unspecified atom stereocenters. The van der Waals surface area contributed by atoms with E-state index in [1.165, 1.54) is 5.56 Å². The zero-order chi connectivity index (χ0) is 13.7. The van der Waals surface area contributed by atoms with Gasteiger partial charge in [-0.2, -0.15) is 0 Å². The molecular weight excluding hydrogens is 239 g/mol. The summed E-state index contributed by atoms with van der Waals surface area (Å²) in [6, 6.07) is 15.4. The second-order valence-electron chi connectivity index (χ2n) is 4.66. The van der Waals surface area contributed by atoms with Crippen molar-refractivity contribution in [1.29, 1.82) is 0 Å². The minimum absolute atomic E-state index is 0.175. The number of hydrogen-bond donors (Lipinski definition) is 1. The van der Waals surface area contributed by atoms with Gasteiger partial charge in [-0.1, -0.05) is 36.4 Å². The van der Waals surface area contributed by atoms with Crippen molar-refractivity contribution in [1.82, 2.24) is 5.32 Å². The lowest BCUT2D eigenvalue weighted by molar-refractivity contribution is 0.618. The predicted molar refractivity (Wildman–Crippen MR) is 77.7 cm³/mol. The number of halogens is 1. The highest BCUT2D eigenvalue weighted by Crippen LogP contribution is 2.21. The van der Waals surface area contributed by atoms with Crippen LogP contribution in [0, 0.1) is 5.82 Å². The van der Waals surface area contributed by atoms with Gasteiger partial charge >= 0.3 is 0 Å². The molecular formula is C16H19FN2. The third-order valence-electron chi connectivity index (χ3n) is 3.07. The first-order valence-corrected chi connectivity index (χ1v) is 6.39. The summed E-state index contributed by atoms with van der Waals surface area (Å²) in [6.07, 6.45) is 0. The van der Waals surface area contributed by atoms with Crippen LogP contribution in [0.4, 0.5) is 10.1 Å². The van der Waals surface area contributed by atoms with E-state index in [0.717, 1.165) is 5.56 Å². The molecule has 0 atom stereocenters. The monoisotopic (exact) mass is 258 g/mol. The summed E-state index contributed by atoms with van der Waals surface area (Å²) in [7, 11) is 3.76. The molecule has 0 heterocycles. The van der Waals surface area contributed by atoms with Gasteiger partial charge in [0.2, 0.25) is 0 Å². The van der Waals surface area contributed by atoms with E-state index in [-0.39, 0.29) is 5.82 Å². The average molecular weight is 258 g/mol. The van der Waals surface area contributed by atoms with Crippen molar-refractivity contribution in [2.24, 2.45) is 0 Å². The van der Waals surface area contributed by atoms with Crippen LogP contribution in [0.25, 0.3) is 0 Å². The van der Waals surface area contributed by atoms with Crippen molar-refractivity contribution in [2.45, 2.75) is 13.1 Å². The number of hydrogen-bond acceptors (Lipinski definition) is 2. The summed E-state index contributed by atoms with van der Waals surface area (Å²) in [6.45, 7) is 1.38. The van der Waals surface area contributed by atoms with E-state index < -0.39 is 0 Å². The van der Waals surface area contributed by atoms with Crippen LogP contribution in [0.15, 0.2) is 48.5 Å². The van der Waals surface area contributed by atoms with E-state index in [4.69, 9.17) is 0 Å². The maximum atomic E-state index is 14.1. The third-order valence-corrected chi connectivity index (χ3v) is 3.07. The molecule has 2 nitrogen and oxygen atoms in total. The van der Waals surface area contributed by atoms with E-state index in [1.807, 2.05) is 61.5 Å². The van der Waals surface area contributed by atoms with Crippen LogP contribution in [-0.4, -0.2) is 14.1 Å². The number of benzene rings is 2. The summed E-state index contributed by atoms with van der Waals surface area (Å²) in [5.41, 5.74) is 2.75. The predicted octanol–water partition coefficient (Wildman–Crippen LogP) is 3.18. The van der Waals surface area contributed by atoms with Crippen LogP contribution in [0.1, 0.15) is 11.1 Å². The molecule has 0 aliphatic rings. The van der Waals surface area contributed by atoms with E-state index in [9.17, 15) is 4.39 Å². The van der Waals surface area contributed by atoms with Crippen LogP contribution >= 0.6 is 0 Å². The van der Waals surface area contributed by atoms with Crippen molar-refractivity contribution in [3.05, 3.63) is 65.5 Å². The first kappa shape index (κ1) is 13.6. The van der Waals surface area contributed by atoms with Crippen LogP contribution in [0.3, 0.4) is 0 Å². The van der Waals surface area contributed by atoms with E-state index in [0.29, 0.717) is 18.8 Å². The molecule has 0 spiro atoms. The van der Waals surface area contributed by atoms with Gasteiger partial charge in [0.05, 0.1) is 5.69 Å². The normalized spacial score (nSPS) is 10.5.